The van der Waals surface area contributed by atoms with Gasteiger partial charge in [-0.25, -0.2) is 4.79 Å². The quantitative estimate of drug-likeness (QED) is 0.154. The summed E-state index contributed by atoms with van der Waals surface area (Å²) in [6.45, 7) is -0.702. The molecule has 1 saturated heterocycles. The summed E-state index contributed by atoms with van der Waals surface area (Å²) in [5.74, 6) is -3.76. The second-order valence-corrected chi connectivity index (χ2v) is 7.47. The van der Waals surface area contributed by atoms with Crippen LogP contribution in [0.1, 0.15) is 23.0 Å². The third-order valence-electron chi connectivity index (χ3n) is 3.86. The van der Waals surface area contributed by atoms with E-state index in [0.717, 1.165) is 6.20 Å². The lowest BCUT2D eigenvalue weighted by Gasteiger charge is -2.19. The number of hydrogen-bond donors (Lipinski definition) is 6. The van der Waals surface area contributed by atoms with Crippen molar-refractivity contribution in [2.45, 2.75) is 37.0 Å². The van der Waals surface area contributed by atoms with Crippen LogP contribution in [-0.4, -0.2) is 74.2 Å². The number of carbonyl (C=O) groups is 3. The Morgan fingerprint density at radius 3 is 2.35 bits per heavy atom. The minimum atomic E-state index is -4.99. The van der Waals surface area contributed by atoms with Gasteiger partial charge >= 0.3 is 11.9 Å². The summed E-state index contributed by atoms with van der Waals surface area (Å²) in [6.07, 6.45) is -3.24. The van der Waals surface area contributed by atoms with Crippen LogP contribution in [0.3, 0.4) is 0 Å². The van der Waals surface area contributed by atoms with Gasteiger partial charge in [0.05, 0.1) is 18.1 Å². The maximum absolute atomic E-state index is 10.8. The molecule has 0 spiro atoms. The lowest BCUT2D eigenvalue weighted by Crippen LogP contribution is -2.65. The molecule has 0 aromatic carbocycles. The summed E-state index contributed by atoms with van der Waals surface area (Å²) >= 11 is 0. The van der Waals surface area contributed by atoms with E-state index in [1.807, 2.05) is 0 Å². The first kappa shape index (κ1) is 26.5. The number of aliphatic carboxylic acids is 2. The fourth-order valence-corrected chi connectivity index (χ4v) is 2.69. The maximum Gasteiger partial charge on any atom is 0.362 e. The number of carboxylic acids is 3. The van der Waals surface area contributed by atoms with E-state index in [-0.39, 0.29) is 5.56 Å². The molecule has 0 aliphatic carbocycles. The van der Waals surface area contributed by atoms with Crippen molar-refractivity contribution >= 4 is 25.7 Å². The van der Waals surface area contributed by atoms with Gasteiger partial charge in [0.1, 0.15) is 18.6 Å². The monoisotopic (exact) mass is 468 g/mol. The van der Waals surface area contributed by atoms with Crippen LogP contribution >= 0.6 is 7.82 Å². The molecule has 16 heteroatoms. The van der Waals surface area contributed by atoms with E-state index in [1.165, 1.54) is 22.9 Å². The third kappa shape index (κ3) is 8.64. The molecule has 174 valence electrons. The number of aromatic nitrogens is 1. The second kappa shape index (κ2) is 11.2. The minimum Gasteiger partial charge on any atom is -0.756 e. The molecule has 1 aromatic rings. The number of phosphoric acid groups is 1. The van der Waals surface area contributed by atoms with Gasteiger partial charge in [0.25, 0.3) is 14.1 Å². The molecule has 0 amide bonds. The number of aliphatic hydroxyl groups is 2. The zero-order valence-electron chi connectivity index (χ0n) is 15.7. The van der Waals surface area contributed by atoms with E-state index in [1.54, 1.807) is 0 Å². The number of aromatic carboxylic acids is 1. The van der Waals surface area contributed by atoms with E-state index in [0.29, 0.717) is 0 Å². The summed E-state index contributed by atoms with van der Waals surface area (Å²) in [5, 5.41) is 46.6. The van der Waals surface area contributed by atoms with E-state index < -0.39 is 69.3 Å². The lowest BCUT2D eigenvalue weighted by molar-refractivity contribution is -0.765. The Hall–Kier alpha value is -2.49. The molecule has 2 rings (SSSR count). The number of quaternary nitrogens is 1. The first-order chi connectivity index (χ1) is 14.2. The molecule has 2 heterocycles. The Kier molecular flexibility index (Phi) is 9.61. The summed E-state index contributed by atoms with van der Waals surface area (Å²) in [5.41, 5.74) is 2.92. The van der Waals surface area contributed by atoms with Crippen LogP contribution < -0.4 is 20.3 Å². The van der Waals surface area contributed by atoms with Crippen LogP contribution in [0.15, 0.2) is 24.5 Å². The van der Waals surface area contributed by atoms with Crippen LogP contribution in [0, 0.1) is 0 Å². The first-order valence-corrected chi connectivity index (χ1v) is 9.92. The molecule has 1 aliphatic heterocycles. The number of hydrogen-bond acceptors (Lipinski definition) is 10. The summed E-state index contributed by atoms with van der Waals surface area (Å²) in [7, 11) is -4.99. The van der Waals surface area contributed by atoms with Gasteiger partial charge in [-0.1, -0.05) is 0 Å². The highest BCUT2D eigenvalue weighted by molar-refractivity contribution is 7.44. The van der Waals surface area contributed by atoms with Crippen molar-refractivity contribution in [1.29, 1.82) is 0 Å². The van der Waals surface area contributed by atoms with Gasteiger partial charge in [-0.3, -0.25) is 9.36 Å². The SMILES string of the molecule is O=C([O-])c1ccc[n+]([C@@H]2O[C@H](COP(=O)([O-])O)[C@@H](O)[C@H]2O)c1.[NH3+][C@@H](CC(=O)O)C(=O)O. The second-order valence-electron chi connectivity index (χ2n) is 6.27. The van der Waals surface area contributed by atoms with Gasteiger partial charge in [-0.05, 0) is 6.07 Å². The van der Waals surface area contributed by atoms with Crippen LogP contribution in [0.4, 0.5) is 0 Å². The average Bonchev–Trinajstić information content (AvgIpc) is 2.94. The number of pyridine rings is 1. The fraction of sp³-hybridized carbons (Fsp3) is 0.467. The molecule has 1 aromatic heterocycles. The molecule has 0 radical (unpaired) electrons. The Labute approximate surface area is 174 Å². The van der Waals surface area contributed by atoms with Gasteiger partial charge in [0.2, 0.25) is 0 Å². The Morgan fingerprint density at radius 2 is 1.90 bits per heavy atom. The number of phosphoric ester groups is 1. The van der Waals surface area contributed by atoms with Crippen molar-refractivity contribution in [3.63, 3.8) is 0 Å². The van der Waals surface area contributed by atoms with Gasteiger partial charge in [0, 0.05) is 6.07 Å². The Morgan fingerprint density at radius 1 is 1.29 bits per heavy atom. The highest BCUT2D eigenvalue weighted by Gasteiger charge is 2.48. The molecule has 15 nitrogen and oxygen atoms in total. The Bertz CT molecular complexity index is 844. The van der Waals surface area contributed by atoms with Crippen LogP contribution in [0.5, 0.6) is 0 Å². The van der Waals surface area contributed by atoms with Crippen molar-refractivity contribution in [3.05, 3.63) is 30.1 Å². The summed E-state index contributed by atoms with van der Waals surface area (Å²) in [6, 6.07) is 1.60. The smallest absolute Gasteiger partial charge is 0.362 e. The molecular weight excluding hydrogens is 447 g/mol. The highest BCUT2D eigenvalue weighted by Crippen LogP contribution is 2.33. The largest absolute Gasteiger partial charge is 0.756 e. The topological polar surface area (TPSA) is 266 Å². The molecule has 0 bridgehead atoms. The number of nitrogens with zero attached hydrogens (tertiary/aromatic N) is 1. The number of rotatable bonds is 8. The van der Waals surface area contributed by atoms with Gasteiger partial charge < -0.3 is 55.1 Å². The van der Waals surface area contributed by atoms with Crippen molar-refractivity contribution in [2.24, 2.45) is 0 Å². The van der Waals surface area contributed by atoms with Crippen molar-refractivity contribution < 1.29 is 73.8 Å². The average molecular weight is 468 g/mol. The summed E-state index contributed by atoms with van der Waals surface area (Å²) < 4.78 is 21.1. The van der Waals surface area contributed by atoms with Crippen molar-refractivity contribution in [3.8, 4) is 0 Å². The fourth-order valence-electron chi connectivity index (χ4n) is 2.35. The zero-order chi connectivity index (χ0) is 23.9. The van der Waals surface area contributed by atoms with E-state index in [4.69, 9.17) is 19.8 Å². The molecule has 1 fully saturated rings. The molecule has 0 saturated carbocycles. The molecular formula is C15H21N2O13P. The van der Waals surface area contributed by atoms with E-state index >= 15 is 0 Å². The molecule has 6 atom stereocenters. The first-order valence-electron chi connectivity index (χ1n) is 8.42. The number of ether oxygens (including phenoxy) is 1. The predicted octanol–water partition coefficient (Wildman–Crippen LogP) is -5.41. The van der Waals surface area contributed by atoms with Gasteiger partial charge in [0.15, 0.2) is 24.5 Å². The van der Waals surface area contributed by atoms with Crippen LogP contribution in [0.2, 0.25) is 0 Å². The number of carbonyl (C=O) groups excluding carboxylic acids is 1. The zero-order valence-corrected chi connectivity index (χ0v) is 16.6. The predicted molar refractivity (Wildman–Crippen MR) is 89.2 cm³/mol. The highest BCUT2D eigenvalue weighted by atomic mass is 31.2. The molecule has 31 heavy (non-hydrogen) atoms. The van der Waals surface area contributed by atoms with Crippen molar-refractivity contribution in [2.75, 3.05) is 6.61 Å². The lowest BCUT2D eigenvalue weighted by atomic mass is 10.1. The molecule has 1 aliphatic rings. The molecule has 8 N–H and O–H groups in total. The maximum atomic E-state index is 10.8. The van der Waals surface area contributed by atoms with E-state index in [2.05, 4.69) is 10.3 Å². The van der Waals surface area contributed by atoms with Crippen molar-refractivity contribution in [1.82, 2.24) is 0 Å². The standard InChI is InChI=1S/C11H14NO9P.C4H7NO4/c13-8-7(5-20-22(17,18)19)21-10(9(8)14)12-3-1-2-6(4-12)11(15)16;5-2(4(8)9)1-3(6)7/h1-4,7-10,13-14H,5H2,(H2-,15,16,17,18,19);2H,1,5H2,(H,6,7)(H,8,9)/t7-,8-,9-,10-;2-/m10/s1. The molecule has 1 unspecified atom stereocenters. The minimum absolute atomic E-state index is 0.174. The van der Waals surface area contributed by atoms with Crippen LogP contribution in [0.25, 0.3) is 0 Å². The Balaban J connectivity index is 0.000000452. The summed E-state index contributed by atoms with van der Waals surface area (Å²) in [4.78, 5) is 49.6. The van der Waals surface area contributed by atoms with E-state index in [9.17, 15) is 39.2 Å². The van der Waals surface area contributed by atoms with Gasteiger partial charge in [-0.15, -0.1) is 0 Å². The van der Waals surface area contributed by atoms with Gasteiger partial charge in [-0.2, -0.15) is 4.57 Å². The number of carboxylic acid groups (broad SMARTS) is 3. The van der Waals surface area contributed by atoms with Crippen LogP contribution in [-0.2, 0) is 23.4 Å². The normalized spacial score (nSPS) is 25.6. The third-order valence-corrected chi connectivity index (χ3v) is 4.34. The number of aliphatic hydroxyl groups excluding tert-OH is 2.